The van der Waals surface area contributed by atoms with Crippen molar-refractivity contribution >= 4 is 27.5 Å². The van der Waals surface area contributed by atoms with E-state index >= 15 is 0 Å². The fraction of sp³-hybridized carbons (Fsp3) is 0.333. The van der Waals surface area contributed by atoms with Gasteiger partial charge in [-0.3, -0.25) is 0 Å². The smallest absolute Gasteiger partial charge is 0.143 e. The van der Waals surface area contributed by atoms with Crippen LogP contribution >= 0.6 is 27.5 Å². The molecule has 0 saturated heterocycles. The molecule has 1 heterocycles. The molecule has 4 heteroatoms. The molecule has 0 aromatic heterocycles. The number of halogens is 2. The lowest BCUT2D eigenvalue weighted by Crippen LogP contribution is -2.21. The molecule has 70 valence electrons. The first kappa shape index (κ1) is 9.31. The van der Waals surface area contributed by atoms with Crippen molar-refractivity contribution in [1.82, 2.24) is 0 Å². The molecule has 2 atom stereocenters. The zero-order valence-electron chi connectivity index (χ0n) is 7.05. The highest BCUT2D eigenvalue weighted by Crippen LogP contribution is 2.42. The van der Waals surface area contributed by atoms with Crippen molar-refractivity contribution < 1.29 is 4.74 Å². The standard InChI is InChI=1S/C9H9BrClNO/c1-4-8(12)6-2-5(10)3-7(11)9(6)13-4/h2-4,8H,12H2,1H3. The molecule has 13 heavy (non-hydrogen) atoms. The van der Waals surface area contributed by atoms with Crippen LogP contribution in [0.25, 0.3) is 0 Å². The molecular formula is C9H9BrClNO. The normalized spacial score (nSPS) is 25.5. The third-order valence-electron chi connectivity index (χ3n) is 2.21. The predicted octanol–water partition coefficient (Wildman–Crippen LogP) is 2.88. The van der Waals surface area contributed by atoms with Crippen LogP contribution in [0, 0.1) is 0 Å². The first-order chi connectivity index (χ1) is 6.09. The molecular weight excluding hydrogens is 253 g/mol. The predicted molar refractivity (Wildman–Crippen MR) is 56.2 cm³/mol. The Morgan fingerprint density at radius 3 is 2.92 bits per heavy atom. The van der Waals surface area contributed by atoms with Crippen LogP contribution in [-0.2, 0) is 0 Å². The van der Waals surface area contributed by atoms with E-state index in [1.54, 1.807) is 0 Å². The van der Waals surface area contributed by atoms with E-state index in [9.17, 15) is 0 Å². The van der Waals surface area contributed by atoms with Gasteiger partial charge in [0.15, 0.2) is 0 Å². The zero-order valence-corrected chi connectivity index (χ0v) is 9.39. The molecule has 2 unspecified atom stereocenters. The van der Waals surface area contributed by atoms with Crippen LogP contribution in [0.3, 0.4) is 0 Å². The number of fused-ring (bicyclic) bond motifs is 1. The Morgan fingerprint density at radius 2 is 2.23 bits per heavy atom. The summed E-state index contributed by atoms with van der Waals surface area (Å²) in [4.78, 5) is 0. The maximum Gasteiger partial charge on any atom is 0.143 e. The fourth-order valence-corrected chi connectivity index (χ4v) is 2.34. The van der Waals surface area contributed by atoms with Crippen molar-refractivity contribution in [1.29, 1.82) is 0 Å². The lowest BCUT2D eigenvalue weighted by atomic mass is 10.1. The van der Waals surface area contributed by atoms with Gasteiger partial charge in [0.05, 0.1) is 11.1 Å². The number of benzene rings is 1. The van der Waals surface area contributed by atoms with Gasteiger partial charge in [-0.05, 0) is 19.1 Å². The Balaban J connectivity index is 2.57. The van der Waals surface area contributed by atoms with E-state index in [2.05, 4.69) is 15.9 Å². The van der Waals surface area contributed by atoms with Crippen molar-refractivity contribution in [2.75, 3.05) is 0 Å². The average Bonchev–Trinajstić information content (AvgIpc) is 2.32. The number of nitrogens with two attached hydrogens (primary N) is 1. The summed E-state index contributed by atoms with van der Waals surface area (Å²) in [6.45, 7) is 1.94. The van der Waals surface area contributed by atoms with E-state index in [0.717, 1.165) is 15.8 Å². The van der Waals surface area contributed by atoms with Crippen LogP contribution in [-0.4, -0.2) is 6.10 Å². The molecule has 0 spiro atoms. The third-order valence-corrected chi connectivity index (χ3v) is 2.94. The summed E-state index contributed by atoms with van der Waals surface area (Å²) in [5.74, 6) is 0.727. The molecule has 1 aliphatic rings. The second-order valence-electron chi connectivity index (χ2n) is 3.15. The van der Waals surface area contributed by atoms with Gasteiger partial charge in [0, 0.05) is 10.0 Å². The molecule has 0 radical (unpaired) electrons. The second kappa shape index (κ2) is 3.15. The Morgan fingerprint density at radius 1 is 1.54 bits per heavy atom. The summed E-state index contributed by atoms with van der Waals surface area (Å²) in [5, 5.41) is 0.615. The minimum atomic E-state index is -0.0787. The van der Waals surface area contributed by atoms with Crippen molar-refractivity contribution in [2.45, 2.75) is 19.1 Å². The zero-order chi connectivity index (χ0) is 9.59. The molecule has 2 rings (SSSR count). The van der Waals surface area contributed by atoms with E-state index in [1.807, 2.05) is 19.1 Å². The van der Waals surface area contributed by atoms with Gasteiger partial charge in [-0.15, -0.1) is 0 Å². The summed E-state index contributed by atoms with van der Waals surface area (Å²) in [7, 11) is 0. The summed E-state index contributed by atoms with van der Waals surface area (Å²) < 4.78 is 6.46. The summed E-state index contributed by atoms with van der Waals surface area (Å²) in [6, 6.07) is 3.69. The van der Waals surface area contributed by atoms with Crippen LogP contribution in [0.2, 0.25) is 5.02 Å². The maximum absolute atomic E-state index is 5.99. The fourth-order valence-electron chi connectivity index (χ4n) is 1.46. The molecule has 0 bridgehead atoms. The lowest BCUT2D eigenvalue weighted by molar-refractivity contribution is 0.228. The Hall–Kier alpha value is -0.250. The van der Waals surface area contributed by atoms with E-state index in [-0.39, 0.29) is 12.1 Å². The van der Waals surface area contributed by atoms with Gasteiger partial charge in [-0.1, -0.05) is 27.5 Å². The van der Waals surface area contributed by atoms with E-state index in [4.69, 9.17) is 22.1 Å². The van der Waals surface area contributed by atoms with Crippen LogP contribution in [0.4, 0.5) is 0 Å². The highest BCUT2D eigenvalue weighted by molar-refractivity contribution is 9.10. The lowest BCUT2D eigenvalue weighted by Gasteiger charge is -2.07. The topological polar surface area (TPSA) is 35.2 Å². The van der Waals surface area contributed by atoms with Gasteiger partial charge >= 0.3 is 0 Å². The van der Waals surface area contributed by atoms with Gasteiger partial charge in [-0.2, -0.15) is 0 Å². The van der Waals surface area contributed by atoms with Crippen LogP contribution in [0.15, 0.2) is 16.6 Å². The average molecular weight is 263 g/mol. The van der Waals surface area contributed by atoms with Crippen LogP contribution in [0.1, 0.15) is 18.5 Å². The number of hydrogen-bond donors (Lipinski definition) is 1. The number of ether oxygens (including phenoxy) is 1. The largest absolute Gasteiger partial charge is 0.487 e. The van der Waals surface area contributed by atoms with E-state index < -0.39 is 0 Å². The van der Waals surface area contributed by atoms with Crippen molar-refractivity contribution in [3.8, 4) is 5.75 Å². The van der Waals surface area contributed by atoms with Crippen molar-refractivity contribution in [2.24, 2.45) is 5.73 Å². The maximum atomic E-state index is 5.99. The van der Waals surface area contributed by atoms with Gasteiger partial charge in [-0.25, -0.2) is 0 Å². The third kappa shape index (κ3) is 1.45. The van der Waals surface area contributed by atoms with Crippen molar-refractivity contribution in [3.63, 3.8) is 0 Å². The molecule has 2 N–H and O–H groups in total. The Kier molecular flexibility index (Phi) is 2.26. The summed E-state index contributed by atoms with van der Waals surface area (Å²) >= 11 is 9.36. The van der Waals surface area contributed by atoms with Gasteiger partial charge < -0.3 is 10.5 Å². The minimum absolute atomic E-state index is 0.00167. The quantitative estimate of drug-likeness (QED) is 0.780. The van der Waals surface area contributed by atoms with Gasteiger partial charge in [0.25, 0.3) is 0 Å². The Bertz CT molecular complexity index is 356. The molecule has 1 aromatic rings. The summed E-state index contributed by atoms with van der Waals surface area (Å²) in [6.07, 6.45) is 0.00167. The molecule has 1 aromatic carbocycles. The number of rotatable bonds is 0. The first-order valence-electron chi connectivity index (χ1n) is 4.01. The van der Waals surface area contributed by atoms with Crippen molar-refractivity contribution in [3.05, 3.63) is 27.2 Å². The minimum Gasteiger partial charge on any atom is -0.487 e. The summed E-state index contributed by atoms with van der Waals surface area (Å²) in [5.41, 5.74) is 6.90. The van der Waals surface area contributed by atoms with Gasteiger partial charge in [0.2, 0.25) is 0 Å². The molecule has 2 nitrogen and oxygen atoms in total. The molecule has 0 aliphatic carbocycles. The highest BCUT2D eigenvalue weighted by atomic mass is 79.9. The van der Waals surface area contributed by atoms with Crippen LogP contribution in [0.5, 0.6) is 5.75 Å². The Labute approximate surface area is 90.1 Å². The van der Waals surface area contributed by atoms with E-state index in [0.29, 0.717) is 5.02 Å². The SMILES string of the molecule is CC1Oc2c(Cl)cc(Br)cc2C1N. The molecule has 1 aliphatic heterocycles. The second-order valence-corrected chi connectivity index (χ2v) is 4.48. The monoisotopic (exact) mass is 261 g/mol. The van der Waals surface area contributed by atoms with Crippen LogP contribution < -0.4 is 10.5 Å². The highest BCUT2D eigenvalue weighted by Gasteiger charge is 2.30. The molecule has 0 fully saturated rings. The number of hydrogen-bond acceptors (Lipinski definition) is 2. The van der Waals surface area contributed by atoms with Gasteiger partial charge in [0.1, 0.15) is 11.9 Å². The first-order valence-corrected chi connectivity index (χ1v) is 5.18. The van der Waals surface area contributed by atoms with E-state index in [1.165, 1.54) is 0 Å². The molecule has 0 saturated carbocycles. The molecule has 0 amide bonds.